The van der Waals surface area contributed by atoms with E-state index in [0.717, 1.165) is 49.8 Å². The SMILES string of the molecule is CN1C[C@H](Nc2nc3sccn3c(=O)c2Br)C[C@H](c2ccc(OCCN3CCN(c4cccc5c4C(=O)N(C4CCC(=O)NC4=O)C5=O)CC3)cc2)C1. The van der Waals surface area contributed by atoms with Crippen LogP contribution in [0.3, 0.4) is 0 Å². The number of hydrogen-bond donors (Lipinski definition) is 2. The molecule has 0 aliphatic carbocycles. The Balaban J connectivity index is 0.828. The second kappa shape index (κ2) is 14.6. The molecule has 4 amide bonds. The number of likely N-dealkylation sites (N-methyl/N-ethyl adjacent to an activating group) is 1. The smallest absolute Gasteiger partial charge is 0.275 e. The zero-order chi connectivity index (χ0) is 36.8. The molecule has 3 atom stereocenters. The number of halogens is 1. The first-order chi connectivity index (χ1) is 25.6. The van der Waals surface area contributed by atoms with Gasteiger partial charge in [0.1, 0.15) is 28.7 Å². The van der Waals surface area contributed by atoms with E-state index in [1.165, 1.54) is 16.9 Å². The number of anilines is 2. The summed E-state index contributed by atoms with van der Waals surface area (Å²) < 4.78 is 8.13. The Morgan fingerprint density at radius 1 is 1.00 bits per heavy atom. The number of imide groups is 2. The van der Waals surface area contributed by atoms with Crippen molar-refractivity contribution < 1.29 is 23.9 Å². The van der Waals surface area contributed by atoms with E-state index in [9.17, 15) is 24.0 Å². The van der Waals surface area contributed by atoms with Crippen molar-refractivity contribution in [1.29, 1.82) is 0 Å². The lowest BCUT2D eigenvalue weighted by Crippen LogP contribution is -2.54. The van der Waals surface area contributed by atoms with Gasteiger partial charge < -0.3 is 19.9 Å². The van der Waals surface area contributed by atoms with Crippen molar-refractivity contribution in [2.24, 2.45) is 0 Å². The lowest BCUT2D eigenvalue weighted by Gasteiger charge is -2.37. The molecule has 0 bridgehead atoms. The monoisotopic (exact) mass is 802 g/mol. The molecule has 6 heterocycles. The number of piperazine rings is 1. The van der Waals surface area contributed by atoms with Gasteiger partial charge in [0.15, 0.2) is 4.96 Å². The highest BCUT2D eigenvalue weighted by atomic mass is 79.9. The predicted octanol–water partition coefficient (Wildman–Crippen LogP) is 3.02. The van der Waals surface area contributed by atoms with Gasteiger partial charge in [-0.3, -0.25) is 43.5 Å². The van der Waals surface area contributed by atoms with Crippen LogP contribution in [0.15, 0.2) is 63.3 Å². The summed E-state index contributed by atoms with van der Waals surface area (Å²) in [6, 6.07) is 12.7. The summed E-state index contributed by atoms with van der Waals surface area (Å²) in [5, 5.41) is 7.63. The molecule has 53 heavy (non-hydrogen) atoms. The molecule has 2 N–H and O–H groups in total. The largest absolute Gasteiger partial charge is 0.492 e. The van der Waals surface area contributed by atoms with Gasteiger partial charge in [-0.15, -0.1) is 11.3 Å². The lowest BCUT2D eigenvalue weighted by atomic mass is 9.88. The van der Waals surface area contributed by atoms with Crippen LogP contribution in [0.5, 0.6) is 5.75 Å². The van der Waals surface area contributed by atoms with E-state index in [2.05, 4.69) is 65.4 Å². The summed E-state index contributed by atoms with van der Waals surface area (Å²) in [5.41, 5.74) is 2.43. The zero-order valence-corrected chi connectivity index (χ0v) is 31.5. The minimum Gasteiger partial charge on any atom is -0.492 e. The van der Waals surface area contributed by atoms with E-state index in [-0.39, 0.29) is 24.4 Å². The van der Waals surface area contributed by atoms with Crippen LogP contribution in [-0.2, 0) is 9.59 Å². The number of ether oxygens (including phenoxy) is 1. The third kappa shape index (κ3) is 6.96. The van der Waals surface area contributed by atoms with Crippen LogP contribution >= 0.6 is 27.3 Å². The third-order valence-corrected chi connectivity index (χ3v) is 12.0. The van der Waals surface area contributed by atoms with Crippen LogP contribution in [-0.4, -0.2) is 119 Å². The van der Waals surface area contributed by atoms with Crippen LogP contribution in [0.4, 0.5) is 11.5 Å². The van der Waals surface area contributed by atoms with Crippen molar-refractivity contribution in [2.45, 2.75) is 37.3 Å². The third-order valence-electron chi connectivity index (χ3n) is 10.6. The van der Waals surface area contributed by atoms with Gasteiger partial charge in [0.2, 0.25) is 11.8 Å². The maximum atomic E-state index is 13.6. The Morgan fingerprint density at radius 3 is 2.57 bits per heavy atom. The normalized spacial score (nSPS) is 22.7. The molecule has 4 aromatic rings. The number of rotatable bonds is 9. The molecule has 0 saturated carbocycles. The van der Waals surface area contributed by atoms with Crippen LogP contribution in [0.1, 0.15) is 51.5 Å². The van der Waals surface area contributed by atoms with Crippen LogP contribution in [0.2, 0.25) is 0 Å². The average Bonchev–Trinajstić information content (AvgIpc) is 3.73. The van der Waals surface area contributed by atoms with Crippen LogP contribution in [0, 0.1) is 0 Å². The van der Waals surface area contributed by atoms with E-state index in [4.69, 9.17) is 4.74 Å². The van der Waals surface area contributed by atoms with Gasteiger partial charge in [-0.05, 0) is 71.6 Å². The van der Waals surface area contributed by atoms with E-state index in [1.54, 1.807) is 22.7 Å². The maximum absolute atomic E-state index is 13.6. The first-order valence-electron chi connectivity index (χ1n) is 17.8. The minimum absolute atomic E-state index is 0.0849. The Morgan fingerprint density at radius 2 is 1.79 bits per heavy atom. The Labute approximate surface area is 317 Å². The van der Waals surface area contributed by atoms with Crippen molar-refractivity contribution in [3.8, 4) is 5.75 Å². The Kier molecular flexibility index (Phi) is 9.78. The molecule has 2 aromatic carbocycles. The number of hydrogen-bond acceptors (Lipinski definition) is 12. The number of piperidine rings is 2. The van der Waals surface area contributed by atoms with E-state index in [1.807, 2.05) is 23.6 Å². The number of nitrogens with zero attached hydrogens (tertiary/aromatic N) is 6. The number of aromatic nitrogens is 2. The van der Waals surface area contributed by atoms with Gasteiger partial charge in [0, 0.05) is 69.9 Å². The maximum Gasteiger partial charge on any atom is 0.275 e. The van der Waals surface area contributed by atoms with Gasteiger partial charge in [-0.2, -0.15) is 0 Å². The molecule has 3 fully saturated rings. The first-order valence-corrected chi connectivity index (χ1v) is 19.5. The molecule has 3 saturated heterocycles. The molecule has 0 spiro atoms. The number of fused-ring (bicyclic) bond motifs is 2. The van der Waals surface area contributed by atoms with Gasteiger partial charge in [-0.1, -0.05) is 18.2 Å². The summed E-state index contributed by atoms with van der Waals surface area (Å²) in [4.78, 5) is 76.9. The van der Waals surface area contributed by atoms with Crippen LogP contribution in [0.25, 0.3) is 4.96 Å². The molecule has 4 aliphatic rings. The summed E-state index contributed by atoms with van der Waals surface area (Å²) in [5.74, 6) is -0.291. The van der Waals surface area contributed by atoms with Gasteiger partial charge >= 0.3 is 0 Å². The quantitative estimate of drug-likeness (QED) is 0.241. The van der Waals surface area contributed by atoms with Crippen molar-refractivity contribution in [3.05, 3.63) is 85.6 Å². The number of carbonyl (C=O) groups excluding carboxylic acids is 4. The zero-order valence-electron chi connectivity index (χ0n) is 29.1. The van der Waals surface area contributed by atoms with Crippen molar-refractivity contribution in [2.75, 3.05) is 69.7 Å². The van der Waals surface area contributed by atoms with Crippen molar-refractivity contribution in [3.63, 3.8) is 0 Å². The van der Waals surface area contributed by atoms with E-state index >= 15 is 0 Å². The van der Waals surface area contributed by atoms with E-state index < -0.39 is 29.7 Å². The molecule has 8 rings (SSSR count). The van der Waals surface area contributed by atoms with Crippen LogP contribution < -0.4 is 25.8 Å². The highest BCUT2D eigenvalue weighted by Gasteiger charge is 2.46. The van der Waals surface area contributed by atoms with Gasteiger partial charge in [-0.25, -0.2) is 4.98 Å². The predicted molar refractivity (Wildman–Crippen MR) is 203 cm³/mol. The standard InChI is InChI=1S/C37H39BrN8O6S/c1-42-20-23(19-24(21-42)39-32-31(38)36(51)45-16-18-53-37(45)41-32)22-5-7-25(8-6-22)52-17-15-43-11-13-44(14-12-43)27-4-2-3-26-30(27)35(50)46(34(26)49)28-9-10-29(47)40-33(28)48/h2-8,16,18,23-24,28,39H,9-15,17,19-21H2,1H3,(H,40,47,48)/t23-,24+,28?/m0/s1. The summed E-state index contributed by atoms with van der Waals surface area (Å²) in [6.45, 7) is 5.91. The number of likely N-dealkylation sites (tertiary alicyclic amines) is 1. The second-order valence-electron chi connectivity index (χ2n) is 14.0. The molecule has 1 unspecified atom stereocenters. The number of nitrogens with one attached hydrogen (secondary N) is 2. The molecule has 4 aliphatic heterocycles. The molecule has 14 nitrogen and oxygen atoms in total. The summed E-state index contributed by atoms with van der Waals surface area (Å²) >= 11 is 4.89. The molecule has 2 aromatic heterocycles. The highest BCUT2D eigenvalue weighted by molar-refractivity contribution is 9.10. The van der Waals surface area contributed by atoms with Crippen molar-refractivity contribution in [1.82, 2.24) is 29.4 Å². The Bertz CT molecular complexity index is 2150. The molecular weight excluding hydrogens is 764 g/mol. The number of amides is 4. The van der Waals surface area contributed by atoms with E-state index in [0.29, 0.717) is 57.7 Å². The molecular formula is C37H39BrN8O6S. The number of carbonyl (C=O) groups is 4. The molecule has 276 valence electrons. The fourth-order valence-electron chi connectivity index (χ4n) is 7.92. The van der Waals surface area contributed by atoms with Gasteiger partial charge in [0.25, 0.3) is 17.4 Å². The summed E-state index contributed by atoms with van der Waals surface area (Å²) in [6.07, 6.45) is 2.85. The molecule has 16 heteroatoms. The van der Waals surface area contributed by atoms with Gasteiger partial charge in [0.05, 0.1) is 16.8 Å². The fraction of sp³-hybridized carbons (Fsp3) is 0.405. The average molecular weight is 804 g/mol. The number of benzene rings is 2. The highest BCUT2D eigenvalue weighted by Crippen LogP contribution is 2.35. The Hall–Kier alpha value is -4.64. The summed E-state index contributed by atoms with van der Waals surface area (Å²) in [7, 11) is 2.11. The lowest BCUT2D eigenvalue weighted by molar-refractivity contribution is -0.136. The topological polar surface area (TPSA) is 149 Å². The first kappa shape index (κ1) is 35.4. The van der Waals surface area contributed by atoms with Crippen molar-refractivity contribution >= 4 is 67.4 Å². The molecule has 0 radical (unpaired) electrons. The second-order valence-corrected chi connectivity index (χ2v) is 15.7. The minimum atomic E-state index is -0.988. The fourth-order valence-corrected chi connectivity index (χ4v) is 9.02. The number of thiazole rings is 1.